The summed E-state index contributed by atoms with van der Waals surface area (Å²) in [6, 6.07) is 8.53. The van der Waals surface area contributed by atoms with E-state index in [0.29, 0.717) is 11.3 Å². The van der Waals surface area contributed by atoms with Crippen LogP contribution in [0.1, 0.15) is 5.56 Å². The number of esters is 2. The van der Waals surface area contributed by atoms with Gasteiger partial charge >= 0.3 is 11.9 Å². The summed E-state index contributed by atoms with van der Waals surface area (Å²) in [5.74, 6) is -0.929. The number of rotatable bonds is 5. The standard InChI is InChI=1S/C13H14N2O4/c1-18-12(16)8-15(9-13(17)19-2)11-5-3-10(7-14)4-6-11/h3-6H,8-9H2,1-2H3. The van der Waals surface area contributed by atoms with E-state index >= 15 is 0 Å². The molecular formula is C13H14N2O4. The van der Waals surface area contributed by atoms with Crippen molar-refractivity contribution in [3.05, 3.63) is 29.8 Å². The molecule has 1 aromatic rings. The molecule has 0 aliphatic heterocycles. The molecule has 0 amide bonds. The quantitative estimate of drug-likeness (QED) is 0.727. The summed E-state index contributed by atoms with van der Waals surface area (Å²) in [6.07, 6.45) is 0. The third kappa shape index (κ3) is 4.32. The van der Waals surface area contributed by atoms with Gasteiger partial charge in [-0.25, -0.2) is 0 Å². The second-order valence-electron chi connectivity index (χ2n) is 3.67. The number of carbonyl (C=O) groups excluding carboxylic acids is 2. The van der Waals surface area contributed by atoms with Gasteiger partial charge in [-0.15, -0.1) is 0 Å². The molecule has 19 heavy (non-hydrogen) atoms. The van der Waals surface area contributed by atoms with E-state index in [1.807, 2.05) is 6.07 Å². The number of nitrogens with zero attached hydrogens (tertiary/aromatic N) is 2. The smallest absolute Gasteiger partial charge is 0.325 e. The molecule has 0 aliphatic carbocycles. The number of anilines is 1. The molecule has 1 aromatic carbocycles. The first-order valence-corrected chi connectivity index (χ1v) is 5.49. The molecular weight excluding hydrogens is 248 g/mol. The zero-order valence-electron chi connectivity index (χ0n) is 10.8. The van der Waals surface area contributed by atoms with Gasteiger partial charge in [-0.3, -0.25) is 9.59 Å². The van der Waals surface area contributed by atoms with Gasteiger partial charge in [0.05, 0.1) is 25.9 Å². The molecule has 0 unspecified atom stereocenters. The van der Waals surface area contributed by atoms with Gasteiger partial charge in [0.2, 0.25) is 0 Å². The lowest BCUT2D eigenvalue weighted by Crippen LogP contribution is -2.35. The SMILES string of the molecule is COC(=O)CN(CC(=O)OC)c1ccc(C#N)cc1. The van der Waals surface area contributed by atoms with E-state index < -0.39 is 11.9 Å². The Bertz CT molecular complexity index is 472. The van der Waals surface area contributed by atoms with Crippen LogP contribution in [0.4, 0.5) is 5.69 Å². The number of nitriles is 1. The Morgan fingerprint density at radius 2 is 1.58 bits per heavy atom. The molecule has 6 heteroatoms. The van der Waals surface area contributed by atoms with Crippen molar-refractivity contribution < 1.29 is 19.1 Å². The van der Waals surface area contributed by atoms with E-state index in [2.05, 4.69) is 9.47 Å². The molecule has 100 valence electrons. The number of benzene rings is 1. The minimum atomic E-state index is -0.465. The van der Waals surface area contributed by atoms with Crippen LogP contribution in [-0.4, -0.2) is 39.2 Å². The predicted octanol–water partition coefficient (Wildman–Crippen LogP) is 0.711. The van der Waals surface area contributed by atoms with E-state index in [1.54, 1.807) is 24.3 Å². The van der Waals surface area contributed by atoms with Crippen LogP contribution in [-0.2, 0) is 19.1 Å². The molecule has 0 atom stereocenters. The second-order valence-corrected chi connectivity index (χ2v) is 3.67. The highest BCUT2D eigenvalue weighted by molar-refractivity contribution is 5.81. The maximum absolute atomic E-state index is 11.3. The van der Waals surface area contributed by atoms with Gasteiger partial charge in [0.25, 0.3) is 0 Å². The average molecular weight is 262 g/mol. The van der Waals surface area contributed by atoms with Crippen LogP contribution in [0, 0.1) is 11.3 Å². The van der Waals surface area contributed by atoms with Crippen molar-refractivity contribution >= 4 is 17.6 Å². The molecule has 0 N–H and O–H groups in total. The Kier molecular flexibility index (Phi) is 5.35. The summed E-state index contributed by atoms with van der Waals surface area (Å²) in [6.45, 7) is -0.144. The lowest BCUT2D eigenvalue weighted by Gasteiger charge is -2.22. The fourth-order valence-corrected chi connectivity index (χ4v) is 1.43. The first kappa shape index (κ1) is 14.5. The van der Waals surface area contributed by atoms with E-state index in [0.717, 1.165) is 0 Å². The summed E-state index contributed by atoms with van der Waals surface area (Å²) in [4.78, 5) is 24.2. The molecule has 0 saturated carbocycles. The maximum atomic E-state index is 11.3. The van der Waals surface area contributed by atoms with Gasteiger partial charge in [-0.2, -0.15) is 5.26 Å². The van der Waals surface area contributed by atoms with Crippen molar-refractivity contribution in [2.24, 2.45) is 0 Å². The van der Waals surface area contributed by atoms with Gasteiger partial charge in [0.15, 0.2) is 0 Å². The van der Waals surface area contributed by atoms with E-state index in [4.69, 9.17) is 5.26 Å². The Morgan fingerprint density at radius 3 is 1.95 bits per heavy atom. The summed E-state index contributed by atoms with van der Waals surface area (Å²) < 4.78 is 9.15. The van der Waals surface area contributed by atoms with Gasteiger partial charge < -0.3 is 14.4 Å². The number of carbonyl (C=O) groups is 2. The highest BCUT2D eigenvalue weighted by atomic mass is 16.5. The van der Waals surface area contributed by atoms with Crippen molar-refractivity contribution in [2.75, 3.05) is 32.2 Å². The van der Waals surface area contributed by atoms with Gasteiger partial charge in [0, 0.05) is 5.69 Å². The molecule has 0 saturated heterocycles. The topological polar surface area (TPSA) is 79.6 Å². The van der Waals surface area contributed by atoms with Crippen LogP contribution < -0.4 is 4.90 Å². The van der Waals surface area contributed by atoms with Crippen molar-refractivity contribution in [2.45, 2.75) is 0 Å². The Balaban J connectivity index is 2.90. The van der Waals surface area contributed by atoms with Crippen LogP contribution >= 0.6 is 0 Å². The number of ether oxygens (including phenoxy) is 2. The zero-order chi connectivity index (χ0) is 14.3. The summed E-state index contributed by atoms with van der Waals surface area (Å²) in [7, 11) is 2.55. The summed E-state index contributed by atoms with van der Waals surface area (Å²) in [5.41, 5.74) is 1.13. The van der Waals surface area contributed by atoms with Gasteiger partial charge in [0.1, 0.15) is 13.1 Å². The predicted molar refractivity (Wildman–Crippen MR) is 67.4 cm³/mol. The highest BCUT2D eigenvalue weighted by Gasteiger charge is 2.15. The molecule has 1 rings (SSSR count). The number of hydrogen-bond acceptors (Lipinski definition) is 6. The number of methoxy groups -OCH3 is 2. The fraction of sp³-hybridized carbons (Fsp3) is 0.308. The molecule has 0 fully saturated rings. The Morgan fingerprint density at radius 1 is 1.11 bits per heavy atom. The van der Waals surface area contributed by atoms with Crippen LogP contribution in [0.5, 0.6) is 0 Å². The summed E-state index contributed by atoms with van der Waals surface area (Å²) in [5, 5.41) is 8.72. The van der Waals surface area contributed by atoms with Gasteiger partial charge in [-0.1, -0.05) is 0 Å². The van der Waals surface area contributed by atoms with Crippen LogP contribution in [0.2, 0.25) is 0 Å². The molecule has 0 aliphatic rings. The lowest BCUT2D eigenvalue weighted by atomic mass is 10.2. The number of hydrogen-bond donors (Lipinski definition) is 0. The highest BCUT2D eigenvalue weighted by Crippen LogP contribution is 2.15. The second kappa shape index (κ2) is 7.01. The summed E-state index contributed by atoms with van der Waals surface area (Å²) >= 11 is 0. The lowest BCUT2D eigenvalue weighted by molar-refractivity contribution is -0.140. The molecule has 0 aromatic heterocycles. The maximum Gasteiger partial charge on any atom is 0.325 e. The van der Waals surface area contributed by atoms with Crippen LogP contribution in [0.25, 0.3) is 0 Å². The molecule has 0 spiro atoms. The minimum absolute atomic E-state index is 0.0719. The molecule has 0 radical (unpaired) electrons. The Labute approximate surface area is 111 Å². The van der Waals surface area contributed by atoms with Crippen molar-refractivity contribution in [3.8, 4) is 6.07 Å². The third-order valence-electron chi connectivity index (χ3n) is 2.46. The third-order valence-corrected chi connectivity index (χ3v) is 2.46. The van der Waals surface area contributed by atoms with E-state index in [-0.39, 0.29) is 13.1 Å². The van der Waals surface area contributed by atoms with Crippen LogP contribution in [0.15, 0.2) is 24.3 Å². The van der Waals surface area contributed by atoms with E-state index in [9.17, 15) is 9.59 Å². The molecule has 0 heterocycles. The van der Waals surface area contributed by atoms with E-state index in [1.165, 1.54) is 19.1 Å². The molecule has 0 bridgehead atoms. The minimum Gasteiger partial charge on any atom is -0.468 e. The zero-order valence-corrected chi connectivity index (χ0v) is 10.8. The van der Waals surface area contributed by atoms with Crippen molar-refractivity contribution in [1.82, 2.24) is 0 Å². The monoisotopic (exact) mass is 262 g/mol. The van der Waals surface area contributed by atoms with Crippen molar-refractivity contribution in [1.29, 1.82) is 5.26 Å². The fourth-order valence-electron chi connectivity index (χ4n) is 1.43. The first-order valence-electron chi connectivity index (χ1n) is 5.49. The van der Waals surface area contributed by atoms with Gasteiger partial charge in [-0.05, 0) is 24.3 Å². The molecule has 6 nitrogen and oxygen atoms in total. The Hall–Kier alpha value is -2.55. The average Bonchev–Trinajstić information content (AvgIpc) is 2.46. The largest absolute Gasteiger partial charge is 0.468 e. The van der Waals surface area contributed by atoms with Crippen molar-refractivity contribution in [3.63, 3.8) is 0 Å². The van der Waals surface area contributed by atoms with Crippen LogP contribution in [0.3, 0.4) is 0 Å². The normalized spacial score (nSPS) is 9.32. The first-order chi connectivity index (χ1) is 9.10.